The van der Waals surface area contributed by atoms with Gasteiger partial charge in [0.25, 0.3) is 0 Å². The van der Waals surface area contributed by atoms with Crippen molar-refractivity contribution in [1.29, 1.82) is 0 Å². The fourth-order valence-electron chi connectivity index (χ4n) is 3.71. The van der Waals surface area contributed by atoms with E-state index in [9.17, 15) is 13.5 Å². The zero-order valence-electron chi connectivity index (χ0n) is 11.7. The maximum atomic E-state index is 11.5. The lowest BCUT2D eigenvalue weighted by Crippen LogP contribution is -2.25. The molecule has 0 amide bonds. The quantitative estimate of drug-likeness (QED) is 0.930. The Bertz CT molecular complexity index is 579. The molecule has 1 aromatic rings. The summed E-state index contributed by atoms with van der Waals surface area (Å²) >= 11 is 0. The first-order valence-electron chi connectivity index (χ1n) is 7.51. The predicted octanol–water partition coefficient (Wildman–Crippen LogP) is 2.29. The molecule has 2 aliphatic rings. The molecule has 3 atom stereocenters. The van der Waals surface area contributed by atoms with Crippen LogP contribution >= 0.6 is 0 Å². The molecule has 20 heavy (non-hydrogen) atoms. The van der Waals surface area contributed by atoms with E-state index >= 15 is 0 Å². The Balaban J connectivity index is 1.70. The summed E-state index contributed by atoms with van der Waals surface area (Å²) in [7, 11) is -2.90. The SMILES string of the molecule is O=S1(=O)CCC(C(O)CC2CCCc3ccccc32)C1. The summed E-state index contributed by atoms with van der Waals surface area (Å²) < 4.78 is 23.0. The molecule has 1 fully saturated rings. The van der Waals surface area contributed by atoms with Crippen molar-refractivity contribution in [3.63, 3.8) is 0 Å². The number of aliphatic hydroxyl groups excluding tert-OH is 1. The Morgan fingerprint density at radius 1 is 1.25 bits per heavy atom. The number of aliphatic hydroxyl groups is 1. The van der Waals surface area contributed by atoms with E-state index in [1.165, 1.54) is 11.1 Å². The predicted molar refractivity (Wildman–Crippen MR) is 79.5 cm³/mol. The second-order valence-electron chi connectivity index (χ2n) is 6.25. The molecular weight excluding hydrogens is 272 g/mol. The Morgan fingerprint density at radius 3 is 2.80 bits per heavy atom. The molecule has 1 aromatic carbocycles. The summed E-state index contributed by atoms with van der Waals surface area (Å²) in [5.74, 6) is 0.741. The second kappa shape index (κ2) is 5.49. The summed E-state index contributed by atoms with van der Waals surface area (Å²) in [5, 5.41) is 10.4. The van der Waals surface area contributed by atoms with Crippen LogP contribution in [0.2, 0.25) is 0 Å². The van der Waals surface area contributed by atoms with Gasteiger partial charge in [0, 0.05) is 0 Å². The molecule has 110 valence electrons. The summed E-state index contributed by atoms with van der Waals surface area (Å²) in [4.78, 5) is 0. The summed E-state index contributed by atoms with van der Waals surface area (Å²) in [5.41, 5.74) is 2.76. The van der Waals surface area contributed by atoms with Crippen LogP contribution in [0.1, 0.15) is 42.7 Å². The number of hydrogen-bond acceptors (Lipinski definition) is 3. The van der Waals surface area contributed by atoms with Crippen LogP contribution in [0.3, 0.4) is 0 Å². The fraction of sp³-hybridized carbons (Fsp3) is 0.625. The highest BCUT2D eigenvalue weighted by atomic mass is 32.2. The highest BCUT2D eigenvalue weighted by Gasteiger charge is 2.34. The third-order valence-corrected chi connectivity index (χ3v) is 6.63. The van der Waals surface area contributed by atoms with Crippen LogP contribution in [0.5, 0.6) is 0 Å². The molecule has 1 N–H and O–H groups in total. The van der Waals surface area contributed by atoms with Crippen molar-refractivity contribution in [2.45, 2.75) is 44.1 Å². The van der Waals surface area contributed by atoms with Crippen LogP contribution < -0.4 is 0 Å². The Morgan fingerprint density at radius 2 is 2.05 bits per heavy atom. The van der Waals surface area contributed by atoms with E-state index < -0.39 is 15.9 Å². The smallest absolute Gasteiger partial charge is 0.150 e. The Kier molecular flexibility index (Phi) is 3.87. The molecule has 0 radical (unpaired) electrons. The molecule has 1 aliphatic heterocycles. The molecule has 3 unspecified atom stereocenters. The van der Waals surface area contributed by atoms with Crippen LogP contribution in [0.25, 0.3) is 0 Å². The van der Waals surface area contributed by atoms with Crippen molar-refractivity contribution >= 4 is 9.84 Å². The molecule has 1 aliphatic carbocycles. The highest BCUT2D eigenvalue weighted by Crippen LogP contribution is 2.37. The zero-order chi connectivity index (χ0) is 14.2. The van der Waals surface area contributed by atoms with E-state index in [1.54, 1.807) is 0 Å². The van der Waals surface area contributed by atoms with Gasteiger partial charge in [0.1, 0.15) is 0 Å². The van der Waals surface area contributed by atoms with Crippen LogP contribution in [0.15, 0.2) is 24.3 Å². The van der Waals surface area contributed by atoms with Crippen LogP contribution in [0, 0.1) is 5.92 Å². The molecule has 0 saturated carbocycles. The molecule has 3 nitrogen and oxygen atoms in total. The van der Waals surface area contributed by atoms with Gasteiger partial charge >= 0.3 is 0 Å². The second-order valence-corrected chi connectivity index (χ2v) is 8.48. The third-order valence-electron chi connectivity index (χ3n) is 4.83. The highest BCUT2D eigenvalue weighted by molar-refractivity contribution is 7.91. The average molecular weight is 294 g/mol. The molecule has 1 heterocycles. The van der Waals surface area contributed by atoms with Crippen molar-refractivity contribution in [3.8, 4) is 0 Å². The van der Waals surface area contributed by atoms with Gasteiger partial charge in [0.05, 0.1) is 17.6 Å². The Labute approximate surface area is 120 Å². The third kappa shape index (κ3) is 2.91. The van der Waals surface area contributed by atoms with Crippen LogP contribution in [-0.4, -0.2) is 31.1 Å². The van der Waals surface area contributed by atoms with Crippen molar-refractivity contribution in [3.05, 3.63) is 35.4 Å². The van der Waals surface area contributed by atoms with Crippen molar-refractivity contribution in [2.75, 3.05) is 11.5 Å². The largest absolute Gasteiger partial charge is 0.393 e. The van der Waals surface area contributed by atoms with Gasteiger partial charge in [-0.3, -0.25) is 0 Å². The number of aryl methyl sites for hydroxylation is 1. The Hall–Kier alpha value is -0.870. The minimum atomic E-state index is -2.90. The zero-order valence-corrected chi connectivity index (χ0v) is 12.5. The lowest BCUT2D eigenvalue weighted by molar-refractivity contribution is 0.100. The van der Waals surface area contributed by atoms with E-state index in [1.807, 2.05) is 0 Å². The first-order chi connectivity index (χ1) is 9.55. The van der Waals surface area contributed by atoms with Gasteiger partial charge in [-0.15, -0.1) is 0 Å². The van der Waals surface area contributed by atoms with Crippen molar-refractivity contribution < 1.29 is 13.5 Å². The number of hydrogen-bond donors (Lipinski definition) is 1. The lowest BCUT2D eigenvalue weighted by Gasteiger charge is -2.29. The van der Waals surface area contributed by atoms with Gasteiger partial charge in [0.15, 0.2) is 9.84 Å². The standard InChI is InChI=1S/C16H22O3S/c17-16(14-8-9-20(18,19)11-14)10-13-6-3-5-12-4-1-2-7-15(12)13/h1-2,4,7,13-14,16-17H,3,5-6,8-11H2. The number of rotatable bonds is 3. The fourth-order valence-corrected chi connectivity index (χ4v) is 5.58. The van der Waals surface area contributed by atoms with Gasteiger partial charge in [-0.2, -0.15) is 0 Å². The molecular formula is C16H22O3S. The molecule has 4 heteroatoms. The lowest BCUT2D eigenvalue weighted by atomic mass is 9.78. The van der Waals surface area contributed by atoms with Gasteiger partial charge in [-0.25, -0.2) is 8.42 Å². The van der Waals surface area contributed by atoms with E-state index in [-0.39, 0.29) is 17.4 Å². The maximum absolute atomic E-state index is 11.5. The van der Waals surface area contributed by atoms with Crippen molar-refractivity contribution in [1.82, 2.24) is 0 Å². The van der Waals surface area contributed by atoms with E-state index in [0.717, 1.165) is 19.3 Å². The van der Waals surface area contributed by atoms with Gasteiger partial charge < -0.3 is 5.11 Å². The van der Waals surface area contributed by atoms with Gasteiger partial charge in [-0.1, -0.05) is 24.3 Å². The van der Waals surface area contributed by atoms with Crippen LogP contribution in [-0.2, 0) is 16.3 Å². The number of benzene rings is 1. The van der Waals surface area contributed by atoms with Gasteiger partial charge in [-0.05, 0) is 55.1 Å². The molecule has 3 rings (SSSR count). The first-order valence-corrected chi connectivity index (χ1v) is 9.33. The topological polar surface area (TPSA) is 54.4 Å². The molecule has 1 saturated heterocycles. The van der Waals surface area contributed by atoms with E-state index in [0.29, 0.717) is 18.8 Å². The monoisotopic (exact) mass is 294 g/mol. The average Bonchev–Trinajstić information content (AvgIpc) is 2.80. The molecule has 0 bridgehead atoms. The summed E-state index contributed by atoms with van der Waals surface area (Å²) in [6.45, 7) is 0. The summed E-state index contributed by atoms with van der Waals surface area (Å²) in [6.07, 6.45) is 4.24. The maximum Gasteiger partial charge on any atom is 0.150 e. The minimum Gasteiger partial charge on any atom is -0.393 e. The number of sulfone groups is 1. The van der Waals surface area contributed by atoms with Crippen LogP contribution in [0.4, 0.5) is 0 Å². The first kappa shape index (κ1) is 14.1. The van der Waals surface area contributed by atoms with E-state index in [2.05, 4.69) is 24.3 Å². The minimum absolute atomic E-state index is 0.0610. The number of fused-ring (bicyclic) bond motifs is 1. The normalized spacial score (nSPS) is 29.9. The molecule has 0 aromatic heterocycles. The summed E-state index contributed by atoms with van der Waals surface area (Å²) in [6, 6.07) is 8.47. The van der Waals surface area contributed by atoms with Crippen molar-refractivity contribution in [2.24, 2.45) is 5.92 Å². The molecule has 0 spiro atoms. The van der Waals surface area contributed by atoms with E-state index in [4.69, 9.17) is 0 Å². The van der Waals surface area contributed by atoms with Gasteiger partial charge in [0.2, 0.25) is 0 Å².